The molecule has 0 saturated carbocycles. The van der Waals surface area contributed by atoms with E-state index in [0.29, 0.717) is 23.4 Å². The van der Waals surface area contributed by atoms with Crippen LogP contribution in [0, 0.1) is 5.41 Å². The van der Waals surface area contributed by atoms with E-state index in [1.54, 1.807) is 0 Å². The van der Waals surface area contributed by atoms with Crippen molar-refractivity contribution in [2.45, 2.75) is 39.3 Å². The number of halogens is 4. The molecule has 0 amide bonds. The third kappa shape index (κ3) is 3.30. The van der Waals surface area contributed by atoms with Crippen LogP contribution in [0.2, 0.25) is 5.02 Å². The number of fused-ring (bicyclic) bond motifs is 5. The normalized spacial score (nSPS) is 16.1. The quantitative estimate of drug-likeness (QED) is 0.480. The fourth-order valence-electron chi connectivity index (χ4n) is 4.41. The van der Waals surface area contributed by atoms with Gasteiger partial charge in [0.25, 0.3) is 5.56 Å². The zero-order chi connectivity index (χ0) is 23.7. The second-order valence-corrected chi connectivity index (χ2v) is 9.45. The minimum atomic E-state index is -4.66. The number of pyridine rings is 2. The molecule has 6 nitrogen and oxygen atoms in total. The topological polar surface area (TPSA) is 65.6 Å². The molecule has 0 fully saturated rings. The van der Waals surface area contributed by atoms with Gasteiger partial charge < -0.3 is 13.7 Å². The van der Waals surface area contributed by atoms with Crippen molar-refractivity contribution < 1.29 is 22.7 Å². The van der Waals surface area contributed by atoms with Crippen molar-refractivity contribution in [3.05, 3.63) is 56.1 Å². The van der Waals surface area contributed by atoms with Gasteiger partial charge in [-0.05, 0) is 35.4 Å². The van der Waals surface area contributed by atoms with E-state index in [9.17, 15) is 22.8 Å². The first-order valence-corrected chi connectivity index (χ1v) is 10.2. The van der Waals surface area contributed by atoms with Gasteiger partial charge in [-0.15, -0.1) is 0 Å². The number of esters is 1. The fraction of sp³-hybridized carbons (Fsp3) is 0.409. The highest BCUT2D eigenvalue weighted by Crippen LogP contribution is 2.48. The number of hydrogen-bond donors (Lipinski definition) is 0. The van der Waals surface area contributed by atoms with Crippen LogP contribution in [0.3, 0.4) is 0 Å². The van der Waals surface area contributed by atoms with Gasteiger partial charge >= 0.3 is 12.1 Å². The van der Waals surface area contributed by atoms with Gasteiger partial charge in [0.05, 0.1) is 23.5 Å². The number of carbonyl (C=O) groups is 1. The maximum Gasteiger partial charge on any atom is 0.420 e. The minimum absolute atomic E-state index is 0.0712. The van der Waals surface area contributed by atoms with Crippen LogP contribution in [-0.2, 0) is 24.4 Å². The van der Waals surface area contributed by atoms with E-state index < -0.39 is 23.3 Å². The number of imidazole rings is 1. The first-order chi connectivity index (χ1) is 14.8. The third-order valence-electron chi connectivity index (χ3n) is 5.98. The summed E-state index contributed by atoms with van der Waals surface area (Å²) < 4.78 is 48.6. The van der Waals surface area contributed by atoms with Crippen LogP contribution in [0.25, 0.3) is 17.0 Å². The molecule has 0 radical (unpaired) electrons. The summed E-state index contributed by atoms with van der Waals surface area (Å²) in [4.78, 5) is 29.5. The highest BCUT2D eigenvalue weighted by Gasteiger charge is 2.40. The Kier molecular flexibility index (Phi) is 4.96. The van der Waals surface area contributed by atoms with E-state index in [0.717, 1.165) is 6.07 Å². The number of ether oxygens (including phenoxy) is 1. The molecular formula is C22H21ClF3N3O3. The number of alkyl halides is 3. The summed E-state index contributed by atoms with van der Waals surface area (Å²) >= 11 is 6.03. The van der Waals surface area contributed by atoms with Gasteiger partial charge in [-0.1, -0.05) is 32.4 Å². The summed E-state index contributed by atoms with van der Waals surface area (Å²) in [6.45, 7) is 5.98. The molecule has 0 bridgehead atoms. The lowest BCUT2D eigenvalue weighted by molar-refractivity contribution is -0.136. The van der Waals surface area contributed by atoms with E-state index in [1.165, 1.54) is 35.4 Å². The molecule has 3 heterocycles. The number of carbonyl (C=O) groups excluding carboxylic acids is 1. The average molecular weight is 468 g/mol. The summed E-state index contributed by atoms with van der Waals surface area (Å²) in [5.41, 5.74) is -0.469. The Morgan fingerprint density at radius 2 is 1.91 bits per heavy atom. The number of hydrogen-bond acceptors (Lipinski definition) is 4. The molecule has 1 aliphatic rings. The Balaban J connectivity index is 2.15. The van der Waals surface area contributed by atoms with E-state index in [-0.39, 0.29) is 33.3 Å². The van der Waals surface area contributed by atoms with E-state index in [2.05, 4.69) is 4.98 Å². The first-order valence-electron chi connectivity index (χ1n) is 9.86. The Morgan fingerprint density at radius 3 is 2.47 bits per heavy atom. The van der Waals surface area contributed by atoms with Gasteiger partial charge in [0.15, 0.2) is 0 Å². The lowest BCUT2D eigenvalue weighted by Crippen LogP contribution is -2.33. The van der Waals surface area contributed by atoms with Crippen LogP contribution in [0.4, 0.5) is 13.2 Å². The summed E-state index contributed by atoms with van der Waals surface area (Å²) in [7, 11) is 2.66. The fourth-order valence-corrected chi connectivity index (χ4v) is 4.61. The standard InChI is InChI=1S/C22H21ClF3N3O3/c1-21(2,3)13-8-15-16(17-11(13)7-12(20(31)32-5)19(30)28(17)4)27-18-14(22(24,25)26)6-10(23)9-29(15)18/h6-7,9,13H,8H2,1-5H3. The van der Waals surface area contributed by atoms with Crippen LogP contribution in [0.5, 0.6) is 0 Å². The van der Waals surface area contributed by atoms with Crippen LogP contribution in [-0.4, -0.2) is 27.0 Å². The number of nitrogens with zero attached hydrogens (tertiary/aromatic N) is 3. The second kappa shape index (κ2) is 7.10. The minimum Gasteiger partial charge on any atom is -0.465 e. The molecule has 0 aliphatic heterocycles. The molecule has 1 unspecified atom stereocenters. The van der Waals surface area contributed by atoms with Gasteiger partial charge in [0.2, 0.25) is 0 Å². The molecule has 0 spiro atoms. The molecule has 170 valence electrons. The summed E-state index contributed by atoms with van der Waals surface area (Å²) in [5.74, 6) is -0.985. The predicted molar refractivity (Wildman–Crippen MR) is 113 cm³/mol. The Bertz CT molecular complexity index is 1330. The lowest BCUT2D eigenvalue weighted by atomic mass is 9.70. The number of rotatable bonds is 1. The molecule has 3 aromatic heterocycles. The van der Waals surface area contributed by atoms with Gasteiger partial charge in [-0.3, -0.25) is 4.79 Å². The molecular weight excluding hydrogens is 447 g/mol. The summed E-state index contributed by atoms with van der Waals surface area (Å²) in [6, 6.07) is 2.33. The molecule has 4 rings (SSSR count). The van der Waals surface area contributed by atoms with Crippen molar-refractivity contribution in [3.8, 4) is 11.4 Å². The molecule has 32 heavy (non-hydrogen) atoms. The smallest absolute Gasteiger partial charge is 0.420 e. The van der Waals surface area contributed by atoms with Crippen LogP contribution < -0.4 is 5.56 Å². The predicted octanol–water partition coefficient (Wildman–Crippen LogP) is 4.84. The highest BCUT2D eigenvalue weighted by atomic mass is 35.5. The monoisotopic (exact) mass is 467 g/mol. The van der Waals surface area contributed by atoms with Gasteiger partial charge in [0, 0.05) is 13.2 Å². The number of aromatic nitrogens is 3. The van der Waals surface area contributed by atoms with Crippen molar-refractivity contribution in [3.63, 3.8) is 0 Å². The van der Waals surface area contributed by atoms with Crippen molar-refractivity contribution in [1.82, 2.24) is 14.0 Å². The second-order valence-electron chi connectivity index (χ2n) is 9.01. The maximum absolute atomic E-state index is 13.7. The molecule has 1 atom stereocenters. The van der Waals surface area contributed by atoms with Crippen LogP contribution in [0.15, 0.2) is 23.1 Å². The molecule has 0 N–H and O–H groups in total. The zero-order valence-electron chi connectivity index (χ0n) is 18.1. The van der Waals surface area contributed by atoms with Crippen molar-refractivity contribution in [2.75, 3.05) is 7.11 Å². The summed E-state index contributed by atoms with van der Waals surface area (Å²) in [5, 5.41) is -0.0712. The largest absolute Gasteiger partial charge is 0.465 e. The van der Waals surface area contributed by atoms with Gasteiger partial charge in [0.1, 0.15) is 22.5 Å². The van der Waals surface area contributed by atoms with Crippen molar-refractivity contribution in [1.29, 1.82) is 0 Å². The Hall–Kier alpha value is -2.81. The summed E-state index contributed by atoms with van der Waals surface area (Å²) in [6.07, 6.45) is -2.90. The number of methoxy groups -OCH3 is 1. The molecule has 3 aromatic rings. The van der Waals surface area contributed by atoms with Crippen LogP contribution in [0.1, 0.15) is 53.9 Å². The van der Waals surface area contributed by atoms with E-state index in [4.69, 9.17) is 16.3 Å². The molecule has 1 aliphatic carbocycles. The van der Waals surface area contributed by atoms with Gasteiger partial charge in [-0.2, -0.15) is 13.2 Å². The van der Waals surface area contributed by atoms with Crippen molar-refractivity contribution >= 4 is 23.2 Å². The third-order valence-corrected chi connectivity index (χ3v) is 6.19. The molecule has 0 aromatic carbocycles. The van der Waals surface area contributed by atoms with Crippen molar-refractivity contribution in [2.24, 2.45) is 12.5 Å². The van der Waals surface area contributed by atoms with Gasteiger partial charge in [-0.25, -0.2) is 9.78 Å². The first kappa shape index (κ1) is 22.4. The lowest BCUT2D eigenvalue weighted by Gasteiger charge is -2.36. The maximum atomic E-state index is 13.7. The highest BCUT2D eigenvalue weighted by molar-refractivity contribution is 6.30. The van der Waals surface area contributed by atoms with E-state index in [1.807, 2.05) is 20.8 Å². The Morgan fingerprint density at radius 1 is 1.25 bits per heavy atom. The molecule has 10 heteroatoms. The molecule has 0 saturated heterocycles. The SMILES string of the molecule is COC(=O)c1cc2c(n(C)c1=O)-c1nc3c(C(F)(F)F)cc(Cl)cn3c1CC2C(C)(C)C. The van der Waals surface area contributed by atoms with Crippen LogP contribution >= 0.6 is 11.6 Å². The average Bonchev–Trinajstić information content (AvgIpc) is 3.04. The zero-order valence-corrected chi connectivity index (χ0v) is 18.9. The van der Waals surface area contributed by atoms with E-state index >= 15 is 0 Å². The Labute approximate surface area is 186 Å².